The van der Waals surface area contributed by atoms with Crippen LogP contribution >= 0.6 is 11.3 Å². The van der Waals surface area contributed by atoms with E-state index in [1.807, 2.05) is 53.2 Å². The van der Waals surface area contributed by atoms with Gasteiger partial charge in [0, 0.05) is 35.8 Å². The Bertz CT molecular complexity index is 989. The van der Waals surface area contributed by atoms with Crippen LogP contribution in [0.1, 0.15) is 10.7 Å². The first-order valence-electron chi connectivity index (χ1n) is 7.86. The van der Waals surface area contributed by atoms with Gasteiger partial charge in [-0.1, -0.05) is 6.07 Å². The molecule has 0 bridgehead atoms. The van der Waals surface area contributed by atoms with E-state index < -0.39 is 0 Å². The van der Waals surface area contributed by atoms with Crippen LogP contribution in [0.2, 0.25) is 0 Å². The summed E-state index contributed by atoms with van der Waals surface area (Å²) in [5.41, 5.74) is 3.82. The van der Waals surface area contributed by atoms with Crippen LogP contribution in [0.15, 0.2) is 54.2 Å². The van der Waals surface area contributed by atoms with Gasteiger partial charge in [-0.05, 0) is 24.3 Å². The van der Waals surface area contributed by atoms with Crippen LogP contribution < -0.4 is 9.47 Å². The van der Waals surface area contributed by atoms with Gasteiger partial charge in [0.25, 0.3) is 0 Å². The smallest absolute Gasteiger partial charge is 0.136 e. The molecule has 3 heterocycles. The number of benzene rings is 1. The molecule has 4 aromatic rings. The lowest BCUT2D eigenvalue weighted by atomic mass is 10.1. The summed E-state index contributed by atoms with van der Waals surface area (Å²) in [6.07, 6.45) is 4.76. The van der Waals surface area contributed by atoms with Gasteiger partial charge < -0.3 is 13.9 Å². The molecule has 4 rings (SSSR count). The SMILES string of the molecule is COc1ccc(-c2csc(Cc3cn4ccccc4n3)n2)c(OC)c1. The maximum Gasteiger partial charge on any atom is 0.136 e. The number of aromatic nitrogens is 3. The lowest BCUT2D eigenvalue weighted by Crippen LogP contribution is -1.91. The second kappa shape index (κ2) is 6.57. The van der Waals surface area contributed by atoms with Crippen molar-refractivity contribution in [3.63, 3.8) is 0 Å². The van der Waals surface area contributed by atoms with E-state index in [2.05, 4.69) is 10.4 Å². The summed E-state index contributed by atoms with van der Waals surface area (Å²) in [4.78, 5) is 9.39. The summed E-state index contributed by atoms with van der Waals surface area (Å²) < 4.78 is 12.8. The molecule has 0 aliphatic rings. The van der Waals surface area contributed by atoms with E-state index in [0.717, 1.165) is 39.1 Å². The van der Waals surface area contributed by atoms with Crippen LogP contribution in [-0.2, 0) is 6.42 Å². The molecule has 6 heteroatoms. The fourth-order valence-corrected chi connectivity index (χ4v) is 3.56. The molecule has 0 fully saturated rings. The second-order valence-electron chi connectivity index (χ2n) is 5.57. The topological polar surface area (TPSA) is 48.7 Å². The largest absolute Gasteiger partial charge is 0.497 e. The number of imidazole rings is 1. The monoisotopic (exact) mass is 351 g/mol. The van der Waals surface area contributed by atoms with Crippen molar-refractivity contribution in [3.8, 4) is 22.8 Å². The first-order valence-corrected chi connectivity index (χ1v) is 8.74. The van der Waals surface area contributed by atoms with Crippen LogP contribution in [0.5, 0.6) is 11.5 Å². The Morgan fingerprint density at radius 1 is 1.08 bits per heavy atom. The number of ether oxygens (including phenoxy) is 2. The van der Waals surface area contributed by atoms with Crippen LogP contribution in [-0.4, -0.2) is 28.6 Å². The Balaban J connectivity index is 1.61. The molecule has 0 saturated carbocycles. The standard InChI is InChI=1S/C19H17N3O2S/c1-23-14-6-7-15(17(10-14)24-2)16-12-25-19(21-16)9-13-11-22-8-4-3-5-18(22)20-13/h3-8,10-12H,9H2,1-2H3. The van der Waals surface area contributed by atoms with Crippen LogP contribution in [0, 0.1) is 0 Å². The van der Waals surface area contributed by atoms with E-state index in [-0.39, 0.29) is 0 Å². The molecular formula is C19H17N3O2S. The predicted molar refractivity (Wildman–Crippen MR) is 98.7 cm³/mol. The Morgan fingerprint density at radius 3 is 2.80 bits per heavy atom. The molecule has 126 valence electrons. The Kier molecular flexibility index (Phi) is 4.11. The molecule has 0 amide bonds. The summed E-state index contributed by atoms with van der Waals surface area (Å²) >= 11 is 1.63. The number of methoxy groups -OCH3 is 2. The van der Waals surface area contributed by atoms with E-state index in [1.165, 1.54) is 0 Å². The summed E-state index contributed by atoms with van der Waals surface area (Å²) in [6.45, 7) is 0. The zero-order chi connectivity index (χ0) is 17.2. The van der Waals surface area contributed by atoms with Crippen LogP contribution in [0.25, 0.3) is 16.9 Å². The average Bonchev–Trinajstić information content (AvgIpc) is 3.27. The highest BCUT2D eigenvalue weighted by Crippen LogP contribution is 2.34. The first-order chi connectivity index (χ1) is 12.3. The summed E-state index contributed by atoms with van der Waals surface area (Å²) in [5.74, 6) is 1.52. The average molecular weight is 351 g/mol. The predicted octanol–water partition coefficient (Wildman–Crippen LogP) is 4.07. The van der Waals surface area contributed by atoms with Crippen molar-refractivity contribution in [1.29, 1.82) is 0 Å². The molecule has 0 spiro atoms. The Hall–Kier alpha value is -2.86. The number of nitrogens with zero attached hydrogens (tertiary/aromatic N) is 3. The third-order valence-electron chi connectivity index (χ3n) is 3.98. The fraction of sp³-hybridized carbons (Fsp3) is 0.158. The minimum atomic E-state index is 0.713. The maximum absolute atomic E-state index is 5.48. The van der Waals surface area contributed by atoms with Crippen LogP contribution in [0.4, 0.5) is 0 Å². The number of thiazole rings is 1. The van der Waals surface area contributed by atoms with Crippen molar-refractivity contribution in [3.05, 3.63) is 64.9 Å². The minimum absolute atomic E-state index is 0.713. The highest BCUT2D eigenvalue weighted by Gasteiger charge is 2.12. The number of pyridine rings is 1. The highest BCUT2D eigenvalue weighted by atomic mass is 32.1. The molecule has 1 aromatic carbocycles. The summed E-state index contributed by atoms with van der Waals surface area (Å²) in [6, 6.07) is 11.7. The third-order valence-corrected chi connectivity index (χ3v) is 4.83. The number of rotatable bonds is 5. The zero-order valence-corrected chi connectivity index (χ0v) is 14.8. The van der Waals surface area contributed by atoms with E-state index in [9.17, 15) is 0 Å². The molecule has 25 heavy (non-hydrogen) atoms. The fourth-order valence-electron chi connectivity index (χ4n) is 2.75. The van der Waals surface area contributed by atoms with Crippen molar-refractivity contribution in [2.24, 2.45) is 0 Å². The lowest BCUT2D eigenvalue weighted by Gasteiger charge is -2.08. The zero-order valence-electron chi connectivity index (χ0n) is 14.0. The van der Waals surface area contributed by atoms with Crippen molar-refractivity contribution in [2.75, 3.05) is 14.2 Å². The number of fused-ring (bicyclic) bond motifs is 1. The van der Waals surface area contributed by atoms with E-state index in [0.29, 0.717) is 6.42 Å². The molecular weight excluding hydrogens is 334 g/mol. The molecule has 5 nitrogen and oxygen atoms in total. The first kappa shape index (κ1) is 15.7. The highest BCUT2D eigenvalue weighted by molar-refractivity contribution is 7.10. The molecule has 0 atom stereocenters. The minimum Gasteiger partial charge on any atom is -0.497 e. The normalized spacial score (nSPS) is 11.0. The van der Waals surface area contributed by atoms with Crippen molar-refractivity contribution in [2.45, 2.75) is 6.42 Å². The van der Waals surface area contributed by atoms with E-state index >= 15 is 0 Å². The molecule has 0 aliphatic carbocycles. The molecule has 0 N–H and O–H groups in total. The van der Waals surface area contributed by atoms with Gasteiger partial charge in [-0.3, -0.25) is 0 Å². The van der Waals surface area contributed by atoms with Gasteiger partial charge in [-0.15, -0.1) is 11.3 Å². The van der Waals surface area contributed by atoms with Crippen molar-refractivity contribution >= 4 is 17.0 Å². The summed E-state index contributed by atoms with van der Waals surface area (Å²) in [5, 5.41) is 3.08. The molecule has 0 aliphatic heterocycles. The lowest BCUT2D eigenvalue weighted by molar-refractivity contribution is 0.395. The van der Waals surface area contributed by atoms with Crippen LogP contribution in [0.3, 0.4) is 0 Å². The van der Waals surface area contributed by atoms with Crippen molar-refractivity contribution in [1.82, 2.24) is 14.4 Å². The van der Waals surface area contributed by atoms with Gasteiger partial charge in [0.05, 0.1) is 30.6 Å². The Morgan fingerprint density at radius 2 is 2.00 bits per heavy atom. The van der Waals surface area contributed by atoms with Gasteiger partial charge in [0.1, 0.15) is 17.1 Å². The summed E-state index contributed by atoms with van der Waals surface area (Å²) in [7, 11) is 3.30. The molecule has 0 unspecified atom stereocenters. The van der Waals surface area contributed by atoms with Gasteiger partial charge in [-0.2, -0.15) is 0 Å². The van der Waals surface area contributed by atoms with Gasteiger partial charge in [0.15, 0.2) is 0 Å². The van der Waals surface area contributed by atoms with E-state index in [1.54, 1.807) is 25.6 Å². The third kappa shape index (κ3) is 3.08. The second-order valence-corrected chi connectivity index (χ2v) is 6.51. The molecule has 0 radical (unpaired) electrons. The van der Waals surface area contributed by atoms with Gasteiger partial charge in [0.2, 0.25) is 0 Å². The van der Waals surface area contributed by atoms with E-state index in [4.69, 9.17) is 14.5 Å². The van der Waals surface area contributed by atoms with Gasteiger partial charge in [-0.25, -0.2) is 9.97 Å². The molecule has 3 aromatic heterocycles. The van der Waals surface area contributed by atoms with Gasteiger partial charge >= 0.3 is 0 Å². The maximum atomic E-state index is 5.48. The number of hydrogen-bond donors (Lipinski definition) is 0. The van der Waals surface area contributed by atoms with Crippen molar-refractivity contribution < 1.29 is 9.47 Å². The molecule has 0 saturated heterocycles. The Labute approximate surface area is 149 Å². The number of hydrogen-bond acceptors (Lipinski definition) is 5. The quantitative estimate of drug-likeness (QED) is 0.544.